The Morgan fingerprint density at radius 1 is 1.24 bits per heavy atom. The van der Waals surface area contributed by atoms with Gasteiger partial charge in [0, 0.05) is 17.7 Å². The van der Waals surface area contributed by atoms with Crippen LogP contribution < -0.4 is 9.47 Å². The van der Waals surface area contributed by atoms with Crippen LogP contribution in [0.2, 0.25) is 0 Å². The molecule has 1 heterocycles. The van der Waals surface area contributed by atoms with Gasteiger partial charge < -0.3 is 18.8 Å². The molecule has 1 aliphatic carbocycles. The van der Waals surface area contributed by atoms with Crippen LogP contribution in [0.4, 0.5) is 0 Å². The maximum Gasteiger partial charge on any atom is 0.247 e. The van der Waals surface area contributed by atoms with Crippen LogP contribution in [0.15, 0.2) is 40.8 Å². The molecule has 2 aromatic rings. The summed E-state index contributed by atoms with van der Waals surface area (Å²) < 4.78 is 16.2. The Morgan fingerprint density at radius 3 is 2.64 bits per heavy atom. The largest absolute Gasteiger partial charge is 0.497 e. The lowest BCUT2D eigenvalue weighted by atomic mass is 10.1. The van der Waals surface area contributed by atoms with Gasteiger partial charge in [0.15, 0.2) is 0 Å². The number of hydrogen-bond acceptors (Lipinski definition) is 4. The van der Waals surface area contributed by atoms with Crippen LogP contribution >= 0.6 is 0 Å². The monoisotopic (exact) mass is 341 g/mol. The first-order valence-electron chi connectivity index (χ1n) is 8.36. The summed E-state index contributed by atoms with van der Waals surface area (Å²) in [6.45, 7) is 2.37. The third-order valence-electron chi connectivity index (χ3n) is 4.25. The molecule has 0 saturated heterocycles. The number of hydrogen-bond donors (Lipinski definition) is 0. The molecule has 0 spiro atoms. The van der Waals surface area contributed by atoms with E-state index in [2.05, 4.69) is 0 Å². The number of carbonyl (C=O) groups is 1. The summed E-state index contributed by atoms with van der Waals surface area (Å²) in [6.07, 6.45) is 5.36. The second kappa shape index (κ2) is 7.47. The van der Waals surface area contributed by atoms with Gasteiger partial charge in [0.05, 0.1) is 20.8 Å². The van der Waals surface area contributed by atoms with Crippen molar-refractivity contribution >= 4 is 12.0 Å². The quantitative estimate of drug-likeness (QED) is 0.719. The average Bonchev–Trinajstić information content (AvgIpc) is 3.38. The van der Waals surface area contributed by atoms with E-state index in [9.17, 15) is 4.79 Å². The van der Waals surface area contributed by atoms with Crippen molar-refractivity contribution < 1.29 is 18.7 Å². The van der Waals surface area contributed by atoms with Crippen molar-refractivity contribution in [2.24, 2.45) is 0 Å². The molecule has 0 atom stereocenters. The molecule has 1 amide bonds. The smallest absolute Gasteiger partial charge is 0.247 e. The van der Waals surface area contributed by atoms with Crippen molar-refractivity contribution in [2.45, 2.75) is 32.4 Å². The molecule has 1 aromatic heterocycles. The van der Waals surface area contributed by atoms with Crippen LogP contribution in [0.3, 0.4) is 0 Å². The minimum absolute atomic E-state index is 0.0265. The van der Waals surface area contributed by atoms with E-state index >= 15 is 0 Å². The van der Waals surface area contributed by atoms with Crippen LogP contribution in [-0.4, -0.2) is 31.1 Å². The van der Waals surface area contributed by atoms with Gasteiger partial charge in [0.2, 0.25) is 5.91 Å². The molecule has 25 heavy (non-hydrogen) atoms. The first kappa shape index (κ1) is 17.1. The highest BCUT2D eigenvalue weighted by Gasteiger charge is 2.32. The molecular formula is C20H23NO4. The number of methoxy groups -OCH3 is 2. The van der Waals surface area contributed by atoms with Gasteiger partial charge in [0.25, 0.3) is 0 Å². The van der Waals surface area contributed by atoms with E-state index in [0.29, 0.717) is 12.3 Å². The molecule has 1 aromatic carbocycles. The van der Waals surface area contributed by atoms with E-state index in [0.717, 1.165) is 35.7 Å². The topological polar surface area (TPSA) is 51.9 Å². The Morgan fingerprint density at radius 2 is 2.04 bits per heavy atom. The minimum Gasteiger partial charge on any atom is -0.497 e. The number of rotatable bonds is 7. The van der Waals surface area contributed by atoms with Crippen molar-refractivity contribution in [3.05, 3.63) is 53.5 Å². The molecule has 0 aliphatic heterocycles. The maximum atomic E-state index is 12.7. The molecular weight excluding hydrogens is 318 g/mol. The predicted molar refractivity (Wildman–Crippen MR) is 95.6 cm³/mol. The average molecular weight is 341 g/mol. The summed E-state index contributed by atoms with van der Waals surface area (Å²) in [4.78, 5) is 14.6. The maximum absolute atomic E-state index is 12.7. The Balaban J connectivity index is 1.77. The Hall–Kier alpha value is -2.69. The summed E-state index contributed by atoms with van der Waals surface area (Å²) in [5.41, 5.74) is 0.935. The Bertz CT molecular complexity index is 774. The summed E-state index contributed by atoms with van der Waals surface area (Å²) in [5.74, 6) is 2.99. The molecule has 0 N–H and O–H groups in total. The van der Waals surface area contributed by atoms with Gasteiger partial charge in [0.1, 0.15) is 23.0 Å². The van der Waals surface area contributed by atoms with Gasteiger partial charge in [-0.25, -0.2) is 0 Å². The molecule has 0 bridgehead atoms. The van der Waals surface area contributed by atoms with Crippen molar-refractivity contribution in [1.82, 2.24) is 4.90 Å². The third kappa shape index (κ3) is 4.24. The van der Waals surface area contributed by atoms with Crippen LogP contribution in [0.1, 0.15) is 29.9 Å². The molecule has 5 nitrogen and oxygen atoms in total. The number of carbonyl (C=O) groups excluding carboxylic acids is 1. The number of aryl methyl sites for hydroxylation is 1. The second-order valence-corrected chi connectivity index (χ2v) is 6.16. The SMILES string of the molecule is COc1ccc(OC)c(CN(C(=O)/C=C/c2ccc(C)o2)C2CC2)c1. The van der Waals surface area contributed by atoms with Gasteiger partial charge in [-0.05, 0) is 56.2 Å². The lowest BCUT2D eigenvalue weighted by Crippen LogP contribution is -2.31. The third-order valence-corrected chi connectivity index (χ3v) is 4.25. The highest BCUT2D eigenvalue weighted by molar-refractivity contribution is 5.91. The highest BCUT2D eigenvalue weighted by Crippen LogP contribution is 2.32. The number of amides is 1. The highest BCUT2D eigenvalue weighted by atomic mass is 16.5. The Kier molecular flexibility index (Phi) is 5.12. The van der Waals surface area contributed by atoms with E-state index in [4.69, 9.17) is 13.9 Å². The zero-order valence-corrected chi connectivity index (χ0v) is 14.8. The van der Waals surface area contributed by atoms with Gasteiger partial charge >= 0.3 is 0 Å². The van der Waals surface area contributed by atoms with Crippen LogP contribution in [0.25, 0.3) is 6.08 Å². The zero-order chi connectivity index (χ0) is 17.8. The van der Waals surface area contributed by atoms with Crippen LogP contribution in [0, 0.1) is 6.92 Å². The number of furan rings is 1. The van der Waals surface area contributed by atoms with Crippen LogP contribution in [-0.2, 0) is 11.3 Å². The summed E-state index contributed by atoms with van der Waals surface area (Å²) in [6, 6.07) is 9.65. The van der Waals surface area contributed by atoms with E-state index in [1.54, 1.807) is 26.4 Å². The minimum atomic E-state index is -0.0265. The molecule has 1 saturated carbocycles. The van der Waals surface area contributed by atoms with Gasteiger partial charge in [-0.2, -0.15) is 0 Å². The number of nitrogens with zero attached hydrogens (tertiary/aromatic N) is 1. The molecule has 3 rings (SSSR count). The first-order valence-corrected chi connectivity index (χ1v) is 8.36. The number of benzene rings is 1. The fourth-order valence-corrected chi connectivity index (χ4v) is 2.75. The van der Waals surface area contributed by atoms with Crippen LogP contribution in [0.5, 0.6) is 11.5 Å². The van der Waals surface area contributed by atoms with Crippen molar-refractivity contribution in [3.8, 4) is 11.5 Å². The van der Waals surface area contributed by atoms with E-state index in [1.165, 1.54) is 0 Å². The van der Waals surface area contributed by atoms with Gasteiger partial charge in [-0.3, -0.25) is 4.79 Å². The lowest BCUT2D eigenvalue weighted by molar-refractivity contribution is -0.127. The second-order valence-electron chi connectivity index (χ2n) is 6.16. The summed E-state index contributed by atoms with van der Waals surface area (Å²) in [5, 5.41) is 0. The molecule has 1 aliphatic rings. The van der Waals surface area contributed by atoms with Crippen molar-refractivity contribution in [1.29, 1.82) is 0 Å². The van der Waals surface area contributed by atoms with Gasteiger partial charge in [-0.15, -0.1) is 0 Å². The predicted octanol–water partition coefficient (Wildman–Crippen LogP) is 3.81. The molecule has 1 fully saturated rings. The fraction of sp³-hybridized carbons (Fsp3) is 0.350. The number of ether oxygens (including phenoxy) is 2. The van der Waals surface area contributed by atoms with Crippen molar-refractivity contribution in [3.63, 3.8) is 0 Å². The molecule has 0 radical (unpaired) electrons. The van der Waals surface area contributed by atoms with Gasteiger partial charge in [-0.1, -0.05) is 0 Å². The lowest BCUT2D eigenvalue weighted by Gasteiger charge is -2.22. The van der Waals surface area contributed by atoms with E-state index in [-0.39, 0.29) is 11.9 Å². The molecule has 5 heteroatoms. The van der Waals surface area contributed by atoms with E-state index < -0.39 is 0 Å². The fourth-order valence-electron chi connectivity index (χ4n) is 2.75. The first-order chi connectivity index (χ1) is 12.1. The van der Waals surface area contributed by atoms with E-state index in [1.807, 2.05) is 42.2 Å². The van der Waals surface area contributed by atoms with Crippen molar-refractivity contribution in [2.75, 3.05) is 14.2 Å². The molecule has 0 unspecified atom stereocenters. The molecule has 132 valence electrons. The summed E-state index contributed by atoms with van der Waals surface area (Å²) >= 11 is 0. The zero-order valence-electron chi connectivity index (χ0n) is 14.8. The summed E-state index contributed by atoms with van der Waals surface area (Å²) in [7, 11) is 3.26. The normalized spacial score (nSPS) is 13.9. The Labute approximate surface area is 147 Å². The standard InChI is InChI=1S/C20H23NO4/c1-14-4-7-17(25-14)9-11-20(22)21(16-5-6-16)13-15-12-18(23-2)8-10-19(15)24-3/h4,7-12,16H,5-6,13H2,1-3H3/b11-9+.